The van der Waals surface area contributed by atoms with Crippen LogP contribution in [0.3, 0.4) is 0 Å². The number of anilines is 1. The second-order valence-electron chi connectivity index (χ2n) is 6.05. The fourth-order valence-electron chi connectivity index (χ4n) is 2.48. The Hall–Kier alpha value is -3.06. The van der Waals surface area contributed by atoms with Gasteiger partial charge >= 0.3 is 0 Å². The van der Waals surface area contributed by atoms with Crippen molar-refractivity contribution in [2.24, 2.45) is 4.99 Å². The average molecular weight is 384 g/mol. The highest BCUT2D eigenvalue weighted by atomic mass is 16.5. The van der Waals surface area contributed by atoms with Crippen LogP contribution in [0.4, 0.5) is 5.69 Å². The molecule has 0 heterocycles. The molecule has 2 aromatic rings. The Bertz CT molecular complexity index is 775. The Balaban J connectivity index is 1.88. The average Bonchev–Trinajstić information content (AvgIpc) is 2.74. The Morgan fingerprint density at radius 2 is 1.89 bits per heavy atom. The number of aliphatic imine (C=N–C) groups is 1. The SMILES string of the molecule is CN=C(NCc1ccc(C(=O)NC)cc1)Nc1cccc(OCCCOC)c1. The van der Waals surface area contributed by atoms with Crippen molar-refractivity contribution in [3.05, 3.63) is 59.7 Å². The van der Waals surface area contributed by atoms with Gasteiger partial charge in [-0.3, -0.25) is 9.79 Å². The van der Waals surface area contributed by atoms with Crippen molar-refractivity contribution < 1.29 is 14.3 Å². The fourth-order valence-corrected chi connectivity index (χ4v) is 2.48. The van der Waals surface area contributed by atoms with Crippen LogP contribution in [0.1, 0.15) is 22.3 Å². The minimum absolute atomic E-state index is 0.0960. The summed E-state index contributed by atoms with van der Waals surface area (Å²) >= 11 is 0. The summed E-state index contributed by atoms with van der Waals surface area (Å²) in [6, 6.07) is 15.2. The molecule has 3 N–H and O–H groups in total. The van der Waals surface area contributed by atoms with Crippen LogP contribution in [-0.4, -0.2) is 46.3 Å². The Kier molecular flexibility index (Phi) is 8.81. The monoisotopic (exact) mass is 384 g/mol. The van der Waals surface area contributed by atoms with Crippen LogP contribution in [0.15, 0.2) is 53.5 Å². The lowest BCUT2D eigenvalue weighted by molar-refractivity contribution is 0.0963. The van der Waals surface area contributed by atoms with Crippen molar-refractivity contribution in [3.63, 3.8) is 0 Å². The molecule has 0 spiro atoms. The molecule has 0 radical (unpaired) electrons. The molecule has 0 saturated heterocycles. The molecular weight excluding hydrogens is 356 g/mol. The van der Waals surface area contributed by atoms with Crippen LogP contribution >= 0.6 is 0 Å². The zero-order valence-electron chi connectivity index (χ0n) is 16.6. The molecule has 0 aliphatic heterocycles. The summed E-state index contributed by atoms with van der Waals surface area (Å²) < 4.78 is 10.7. The first kappa shape index (κ1) is 21.2. The molecule has 28 heavy (non-hydrogen) atoms. The van der Waals surface area contributed by atoms with E-state index in [-0.39, 0.29) is 5.91 Å². The van der Waals surface area contributed by atoms with E-state index in [1.54, 1.807) is 33.3 Å². The third-order valence-electron chi connectivity index (χ3n) is 3.99. The van der Waals surface area contributed by atoms with Gasteiger partial charge in [-0.05, 0) is 29.8 Å². The molecule has 1 amide bonds. The van der Waals surface area contributed by atoms with Crippen LogP contribution < -0.4 is 20.7 Å². The van der Waals surface area contributed by atoms with Crippen LogP contribution in [0.5, 0.6) is 5.75 Å². The lowest BCUT2D eigenvalue weighted by Gasteiger charge is -2.13. The quantitative estimate of drug-likeness (QED) is 0.352. The highest BCUT2D eigenvalue weighted by Crippen LogP contribution is 2.17. The third kappa shape index (κ3) is 6.92. The van der Waals surface area contributed by atoms with E-state index in [0.29, 0.717) is 31.3 Å². The van der Waals surface area contributed by atoms with E-state index < -0.39 is 0 Å². The highest BCUT2D eigenvalue weighted by molar-refractivity contribution is 5.94. The molecular formula is C21H28N4O3. The molecule has 7 heteroatoms. The van der Waals surface area contributed by atoms with E-state index >= 15 is 0 Å². The number of amides is 1. The summed E-state index contributed by atoms with van der Waals surface area (Å²) in [4.78, 5) is 15.8. The zero-order valence-corrected chi connectivity index (χ0v) is 16.6. The predicted molar refractivity (Wildman–Crippen MR) is 112 cm³/mol. The molecule has 0 fully saturated rings. The molecule has 2 aromatic carbocycles. The fraction of sp³-hybridized carbons (Fsp3) is 0.333. The lowest BCUT2D eigenvalue weighted by atomic mass is 10.1. The minimum atomic E-state index is -0.0960. The van der Waals surface area contributed by atoms with Crippen molar-refractivity contribution in [2.45, 2.75) is 13.0 Å². The van der Waals surface area contributed by atoms with Gasteiger partial charge in [-0.25, -0.2) is 0 Å². The number of hydrogen-bond donors (Lipinski definition) is 3. The molecule has 150 valence electrons. The van der Waals surface area contributed by atoms with Crippen LogP contribution in [0.25, 0.3) is 0 Å². The molecule has 0 unspecified atom stereocenters. The molecule has 0 aromatic heterocycles. The molecule has 2 rings (SSSR count). The van der Waals surface area contributed by atoms with Crippen LogP contribution in [0, 0.1) is 0 Å². The van der Waals surface area contributed by atoms with Gasteiger partial charge in [0.25, 0.3) is 5.91 Å². The number of nitrogens with zero attached hydrogens (tertiary/aromatic N) is 1. The first-order valence-corrected chi connectivity index (χ1v) is 9.16. The summed E-state index contributed by atoms with van der Waals surface area (Å²) in [5.41, 5.74) is 2.56. The second-order valence-corrected chi connectivity index (χ2v) is 6.05. The Morgan fingerprint density at radius 1 is 1.11 bits per heavy atom. The van der Waals surface area contributed by atoms with Crippen molar-refractivity contribution in [3.8, 4) is 5.75 Å². The van der Waals surface area contributed by atoms with Gasteiger partial charge in [0.2, 0.25) is 0 Å². The Labute approximate surface area is 166 Å². The van der Waals surface area contributed by atoms with Gasteiger partial charge in [-0.1, -0.05) is 18.2 Å². The van der Waals surface area contributed by atoms with Crippen molar-refractivity contribution in [2.75, 3.05) is 39.7 Å². The predicted octanol–water partition coefficient (Wildman–Crippen LogP) is 2.65. The summed E-state index contributed by atoms with van der Waals surface area (Å²) in [6.07, 6.45) is 0.843. The van der Waals surface area contributed by atoms with E-state index in [1.807, 2.05) is 36.4 Å². The number of nitrogens with one attached hydrogen (secondary N) is 3. The number of hydrogen-bond acceptors (Lipinski definition) is 4. The van der Waals surface area contributed by atoms with Gasteiger partial charge in [0.15, 0.2) is 5.96 Å². The van der Waals surface area contributed by atoms with E-state index in [9.17, 15) is 4.79 Å². The highest BCUT2D eigenvalue weighted by Gasteiger charge is 2.04. The summed E-state index contributed by atoms with van der Waals surface area (Å²) in [6.45, 7) is 1.87. The van der Waals surface area contributed by atoms with Crippen LogP contribution in [0.2, 0.25) is 0 Å². The third-order valence-corrected chi connectivity index (χ3v) is 3.99. The largest absolute Gasteiger partial charge is 0.493 e. The van der Waals surface area contributed by atoms with Crippen LogP contribution in [-0.2, 0) is 11.3 Å². The normalized spacial score (nSPS) is 11.0. The number of methoxy groups -OCH3 is 1. The first-order chi connectivity index (χ1) is 13.7. The topological polar surface area (TPSA) is 84.0 Å². The van der Waals surface area contributed by atoms with Gasteiger partial charge in [0.1, 0.15) is 5.75 Å². The number of ether oxygens (including phenoxy) is 2. The van der Waals surface area contributed by atoms with Gasteiger partial charge < -0.3 is 25.4 Å². The maximum absolute atomic E-state index is 11.6. The summed E-state index contributed by atoms with van der Waals surface area (Å²) in [5.74, 6) is 1.34. The number of guanidine groups is 1. The summed E-state index contributed by atoms with van der Waals surface area (Å²) in [7, 11) is 5.02. The van der Waals surface area contributed by atoms with Gasteiger partial charge in [-0.2, -0.15) is 0 Å². The Morgan fingerprint density at radius 3 is 2.57 bits per heavy atom. The van der Waals surface area contributed by atoms with E-state index in [2.05, 4.69) is 20.9 Å². The standard InChI is InChI=1S/C21H28N4O3/c1-22-20(26)17-10-8-16(9-11-17)15-24-21(23-2)25-18-6-4-7-19(14-18)28-13-5-12-27-3/h4,6-11,14H,5,12-13,15H2,1-3H3,(H,22,26)(H2,23,24,25). The second kappa shape index (κ2) is 11.6. The number of carbonyl (C=O) groups is 1. The number of carbonyl (C=O) groups excluding carboxylic acids is 1. The van der Waals surface area contributed by atoms with Gasteiger partial charge in [0, 0.05) is 58.1 Å². The maximum Gasteiger partial charge on any atom is 0.251 e. The lowest BCUT2D eigenvalue weighted by Crippen LogP contribution is -2.30. The smallest absolute Gasteiger partial charge is 0.251 e. The van der Waals surface area contributed by atoms with E-state index in [0.717, 1.165) is 23.4 Å². The van der Waals surface area contributed by atoms with Crippen molar-refractivity contribution in [1.82, 2.24) is 10.6 Å². The maximum atomic E-state index is 11.6. The zero-order chi connectivity index (χ0) is 20.2. The van der Waals surface area contributed by atoms with E-state index in [4.69, 9.17) is 9.47 Å². The molecule has 0 saturated carbocycles. The molecule has 7 nitrogen and oxygen atoms in total. The molecule has 0 aliphatic carbocycles. The molecule has 0 aliphatic rings. The molecule has 0 bridgehead atoms. The number of rotatable bonds is 9. The molecule has 0 atom stereocenters. The van der Waals surface area contributed by atoms with Crippen molar-refractivity contribution >= 4 is 17.6 Å². The van der Waals surface area contributed by atoms with E-state index in [1.165, 1.54) is 0 Å². The van der Waals surface area contributed by atoms with Gasteiger partial charge in [0.05, 0.1) is 6.61 Å². The minimum Gasteiger partial charge on any atom is -0.493 e. The van der Waals surface area contributed by atoms with Crippen molar-refractivity contribution in [1.29, 1.82) is 0 Å². The van der Waals surface area contributed by atoms with Gasteiger partial charge in [-0.15, -0.1) is 0 Å². The first-order valence-electron chi connectivity index (χ1n) is 9.16. The number of benzene rings is 2. The summed E-state index contributed by atoms with van der Waals surface area (Å²) in [5, 5.41) is 9.12.